The van der Waals surface area contributed by atoms with Gasteiger partial charge in [0.2, 0.25) is 0 Å². The molecule has 0 bridgehead atoms. The molecule has 0 saturated carbocycles. The molecule has 6 nitrogen and oxygen atoms in total. The first kappa shape index (κ1) is 24.5. The third kappa shape index (κ3) is 5.45. The molecule has 1 aliphatic rings. The lowest BCUT2D eigenvalue weighted by atomic mass is 10.1. The summed E-state index contributed by atoms with van der Waals surface area (Å²) in [4.78, 5) is 17.0. The van der Waals surface area contributed by atoms with Crippen molar-refractivity contribution in [2.24, 2.45) is 0 Å². The quantitative estimate of drug-likeness (QED) is 0.596. The summed E-state index contributed by atoms with van der Waals surface area (Å²) in [6, 6.07) is 14.3. The summed E-state index contributed by atoms with van der Waals surface area (Å²) >= 11 is 0. The smallest absolute Gasteiger partial charge is 0.277 e. The Morgan fingerprint density at radius 2 is 1.76 bits per heavy atom. The number of hydrogen-bond acceptors (Lipinski definition) is 5. The SMILES string of the molecule is CCOC1Cc2ccccc2C1.CCc1nc(-c2ccc(OC)cc2C)n(CC)c(=O)c1N. The van der Waals surface area contributed by atoms with Gasteiger partial charge in [0, 0.05) is 18.7 Å². The number of aryl methyl sites for hydroxylation is 2. The molecule has 0 radical (unpaired) electrons. The molecule has 1 aromatic heterocycles. The van der Waals surface area contributed by atoms with Crippen molar-refractivity contribution in [1.29, 1.82) is 0 Å². The maximum Gasteiger partial charge on any atom is 0.277 e. The number of nitrogens with two attached hydrogens (primary N) is 1. The maximum atomic E-state index is 12.4. The molecule has 33 heavy (non-hydrogen) atoms. The molecule has 0 saturated heterocycles. The number of ether oxygens (including phenoxy) is 2. The van der Waals surface area contributed by atoms with Crippen LogP contribution in [0, 0.1) is 6.92 Å². The second-order valence-corrected chi connectivity index (χ2v) is 8.13. The average Bonchev–Trinajstić information content (AvgIpc) is 3.24. The van der Waals surface area contributed by atoms with E-state index in [4.69, 9.17) is 15.2 Å². The van der Waals surface area contributed by atoms with E-state index in [9.17, 15) is 4.79 Å². The molecule has 1 heterocycles. The van der Waals surface area contributed by atoms with Gasteiger partial charge in [0.15, 0.2) is 0 Å². The Morgan fingerprint density at radius 3 is 2.27 bits per heavy atom. The van der Waals surface area contributed by atoms with Crippen molar-refractivity contribution in [2.75, 3.05) is 19.5 Å². The highest BCUT2D eigenvalue weighted by Crippen LogP contribution is 2.26. The minimum absolute atomic E-state index is 0.172. The summed E-state index contributed by atoms with van der Waals surface area (Å²) in [5.41, 5.74) is 11.5. The molecule has 3 aromatic rings. The molecule has 0 spiro atoms. The zero-order chi connectivity index (χ0) is 24.0. The van der Waals surface area contributed by atoms with E-state index >= 15 is 0 Å². The zero-order valence-corrected chi connectivity index (χ0v) is 20.4. The predicted molar refractivity (Wildman–Crippen MR) is 134 cm³/mol. The fourth-order valence-electron chi connectivity index (χ4n) is 4.27. The van der Waals surface area contributed by atoms with Crippen LogP contribution in [0.3, 0.4) is 0 Å². The zero-order valence-electron chi connectivity index (χ0n) is 20.4. The minimum Gasteiger partial charge on any atom is -0.497 e. The molecular weight excluding hydrogens is 414 g/mol. The molecule has 0 atom stereocenters. The number of hydrogen-bond donors (Lipinski definition) is 1. The second-order valence-electron chi connectivity index (χ2n) is 8.13. The lowest BCUT2D eigenvalue weighted by Crippen LogP contribution is -2.27. The Kier molecular flexibility index (Phi) is 8.28. The molecule has 4 rings (SSSR count). The van der Waals surface area contributed by atoms with Gasteiger partial charge in [0.1, 0.15) is 17.3 Å². The Hall–Kier alpha value is -3.12. The lowest BCUT2D eigenvalue weighted by Gasteiger charge is -2.15. The highest BCUT2D eigenvalue weighted by molar-refractivity contribution is 5.63. The standard InChI is InChI=1S/C16H21N3O2.C11H14O/c1-5-13-14(17)16(20)19(6-2)15(18-13)12-8-7-11(21-4)9-10(12)3;1-2-12-11-7-9-5-3-4-6-10(9)8-11/h7-9H,5-6,17H2,1-4H3;3-6,11H,2,7-8H2,1H3. The largest absolute Gasteiger partial charge is 0.497 e. The first-order chi connectivity index (χ1) is 15.9. The molecule has 0 aliphatic heterocycles. The molecular formula is C27H35N3O3. The molecule has 2 N–H and O–H groups in total. The molecule has 6 heteroatoms. The van der Waals surface area contributed by atoms with Crippen LogP contribution in [0.2, 0.25) is 0 Å². The Labute approximate surface area is 196 Å². The van der Waals surface area contributed by atoms with Crippen molar-refractivity contribution < 1.29 is 9.47 Å². The Bertz CT molecular complexity index is 1130. The van der Waals surface area contributed by atoms with E-state index in [-0.39, 0.29) is 11.2 Å². The second kappa shape index (κ2) is 11.1. The van der Waals surface area contributed by atoms with Crippen LogP contribution in [0.5, 0.6) is 5.75 Å². The molecule has 0 amide bonds. The number of rotatable bonds is 6. The van der Waals surface area contributed by atoms with Crippen LogP contribution in [0.1, 0.15) is 43.2 Å². The van der Waals surface area contributed by atoms with Crippen molar-refractivity contribution in [3.63, 3.8) is 0 Å². The molecule has 0 fully saturated rings. The number of methoxy groups -OCH3 is 1. The van der Waals surface area contributed by atoms with Gasteiger partial charge < -0.3 is 15.2 Å². The van der Waals surface area contributed by atoms with Gasteiger partial charge in [-0.25, -0.2) is 4.98 Å². The van der Waals surface area contributed by atoms with Gasteiger partial charge in [-0.15, -0.1) is 0 Å². The number of nitrogen functional groups attached to an aromatic ring is 1. The van der Waals surface area contributed by atoms with E-state index in [0.29, 0.717) is 30.6 Å². The highest BCUT2D eigenvalue weighted by Gasteiger charge is 2.20. The van der Waals surface area contributed by atoms with E-state index in [0.717, 1.165) is 36.3 Å². The van der Waals surface area contributed by atoms with E-state index in [1.807, 2.05) is 39.0 Å². The maximum absolute atomic E-state index is 12.4. The summed E-state index contributed by atoms with van der Waals surface area (Å²) < 4.78 is 12.4. The number of benzene rings is 2. The highest BCUT2D eigenvalue weighted by atomic mass is 16.5. The Morgan fingerprint density at radius 1 is 1.09 bits per heavy atom. The average molecular weight is 450 g/mol. The number of anilines is 1. The van der Waals surface area contributed by atoms with Crippen molar-refractivity contribution in [2.45, 2.75) is 59.6 Å². The number of aromatic nitrogens is 2. The van der Waals surface area contributed by atoms with Crippen LogP contribution < -0.4 is 16.0 Å². The van der Waals surface area contributed by atoms with Gasteiger partial charge in [0.25, 0.3) is 5.56 Å². The van der Waals surface area contributed by atoms with Gasteiger partial charge in [0.05, 0.1) is 18.9 Å². The molecule has 0 unspecified atom stereocenters. The predicted octanol–water partition coefficient (Wildman–Crippen LogP) is 4.58. The lowest BCUT2D eigenvalue weighted by molar-refractivity contribution is 0.0709. The first-order valence-corrected chi connectivity index (χ1v) is 11.7. The third-order valence-corrected chi connectivity index (χ3v) is 6.02. The van der Waals surface area contributed by atoms with Crippen LogP contribution >= 0.6 is 0 Å². The topological polar surface area (TPSA) is 79.4 Å². The fourth-order valence-corrected chi connectivity index (χ4v) is 4.27. The molecule has 2 aromatic carbocycles. The van der Waals surface area contributed by atoms with Crippen LogP contribution in [0.4, 0.5) is 5.69 Å². The van der Waals surface area contributed by atoms with E-state index in [1.165, 1.54) is 11.1 Å². The van der Waals surface area contributed by atoms with Crippen molar-refractivity contribution >= 4 is 5.69 Å². The molecule has 176 valence electrons. The summed E-state index contributed by atoms with van der Waals surface area (Å²) in [5.74, 6) is 1.45. The van der Waals surface area contributed by atoms with Crippen molar-refractivity contribution in [3.05, 3.63) is 75.2 Å². The van der Waals surface area contributed by atoms with Gasteiger partial charge in [-0.1, -0.05) is 31.2 Å². The van der Waals surface area contributed by atoms with Crippen LogP contribution in [-0.4, -0.2) is 29.4 Å². The summed E-state index contributed by atoms with van der Waals surface area (Å²) in [7, 11) is 1.63. The Balaban J connectivity index is 0.000000215. The van der Waals surface area contributed by atoms with E-state index in [2.05, 4.69) is 36.2 Å². The van der Waals surface area contributed by atoms with Crippen molar-refractivity contribution in [1.82, 2.24) is 9.55 Å². The fraction of sp³-hybridized carbons (Fsp3) is 0.407. The van der Waals surface area contributed by atoms with Crippen LogP contribution in [0.15, 0.2) is 47.3 Å². The van der Waals surface area contributed by atoms with E-state index < -0.39 is 0 Å². The summed E-state index contributed by atoms with van der Waals surface area (Å²) in [6.45, 7) is 9.25. The van der Waals surface area contributed by atoms with E-state index in [1.54, 1.807) is 11.7 Å². The molecule has 1 aliphatic carbocycles. The van der Waals surface area contributed by atoms with Crippen LogP contribution in [-0.2, 0) is 30.5 Å². The minimum atomic E-state index is -0.172. The third-order valence-electron chi connectivity index (χ3n) is 6.02. The number of nitrogens with zero attached hydrogens (tertiary/aromatic N) is 2. The van der Waals surface area contributed by atoms with Gasteiger partial charge in [-0.3, -0.25) is 9.36 Å². The normalized spacial score (nSPS) is 12.8. The van der Waals surface area contributed by atoms with Crippen molar-refractivity contribution in [3.8, 4) is 17.1 Å². The van der Waals surface area contributed by atoms with Gasteiger partial charge in [-0.05, 0) is 74.9 Å². The first-order valence-electron chi connectivity index (χ1n) is 11.7. The van der Waals surface area contributed by atoms with Crippen LogP contribution in [0.25, 0.3) is 11.4 Å². The monoisotopic (exact) mass is 449 g/mol. The van der Waals surface area contributed by atoms with Gasteiger partial charge in [-0.2, -0.15) is 0 Å². The van der Waals surface area contributed by atoms with Gasteiger partial charge >= 0.3 is 0 Å². The number of fused-ring (bicyclic) bond motifs is 1. The summed E-state index contributed by atoms with van der Waals surface area (Å²) in [6.07, 6.45) is 3.27. The summed E-state index contributed by atoms with van der Waals surface area (Å²) in [5, 5.41) is 0.